The predicted molar refractivity (Wildman–Crippen MR) is 80.2 cm³/mol. The zero-order valence-electron chi connectivity index (χ0n) is 12.4. The molecule has 0 fully saturated rings. The van der Waals surface area contributed by atoms with Gasteiger partial charge in [0.05, 0.1) is 12.0 Å². The third-order valence-electron chi connectivity index (χ3n) is 4.28. The van der Waals surface area contributed by atoms with E-state index in [4.69, 9.17) is 0 Å². The number of imidazole rings is 1. The highest BCUT2D eigenvalue weighted by atomic mass is 16.3. The molecule has 2 N–H and O–H groups in total. The van der Waals surface area contributed by atoms with E-state index in [1.54, 1.807) is 6.33 Å². The molecule has 1 heterocycles. The second-order valence-corrected chi connectivity index (χ2v) is 6.82. The lowest BCUT2D eigenvalue weighted by atomic mass is 9.84. The first-order valence-electron chi connectivity index (χ1n) is 7.29. The number of nitrogens with one attached hydrogen (secondary N) is 1. The Morgan fingerprint density at radius 2 is 2.15 bits per heavy atom. The Balaban J connectivity index is 1.93. The number of benzene rings is 1. The molecule has 1 atom stereocenters. The number of phenolic OH excluding ortho intramolecular Hbond substituents is 1. The van der Waals surface area contributed by atoms with E-state index < -0.39 is 0 Å². The van der Waals surface area contributed by atoms with E-state index in [-0.39, 0.29) is 5.41 Å². The fourth-order valence-electron chi connectivity index (χ4n) is 3.20. The highest BCUT2D eigenvalue weighted by Gasteiger charge is 2.27. The van der Waals surface area contributed by atoms with Crippen molar-refractivity contribution < 1.29 is 5.11 Å². The van der Waals surface area contributed by atoms with E-state index in [0.717, 1.165) is 30.5 Å². The molecule has 0 radical (unpaired) electrons. The number of aromatic hydroxyl groups is 1. The highest BCUT2D eigenvalue weighted by molar-refractivity contribution is 5.48. The monoisotopic (exact) mass is 270 g/mol. The van der Waals surface area contributed by atoms with Crippen molar-refractivity contribution in [2.75, 3.05) is 0 Å². The Morgan fingerprint density at radius 1 is 1.35 bits per heavy atom. The van der Waals surface area contributed by atoms with Gasteiger partial charge in [-0.2, -0.15) is 0 Å². The van der Waals surface area contributed by atoms with Gasteiger partial charge < -0.3 is 10.1 Å². The van der Waals surface area contributed by atoms with Crippen molar-refractivity contribution in [3.05, 3.63) is 47.0 Å². The van der Waals surface area contributed by atoms with Crippen LogP contribution in [0.3, 0.4) is 0 Å². The number of aromatic amines is 1. The molecule has 3 rings (SSSR count). The quantitative estimate of drug-likeness (QED) is 0.874. The normalized spacial score (nSPS) is 18.2. The van der Waals surface area contributed by atoms with Crippen molar-refractivity contribution in [3.63, 3.8) is 0 Å². The van der Waals surface area contributed by atoms with Gasteiger partial charge in [0.1, 0.15) is 5.75 Å². The predicted octanol–water partition coefficient (Wildman–Crippen LogP) is 3.69. The second kappa shape index (κ2) is 4.65. The molecule has 0 bridgehead atoms. The maximum atomic E-state index is 10.3. The van der Waals surface area contributed by atoms with Crippen molar-refractivity contribution in [3.8, 4) is 5.75 Å². The maximum Gasteiger partial charge on any atom is 0.119 e. The van der Waals surface area contributed by atoms with E-state index in [1.165, 1.54) is 11.1 Å². The summed E-state index contributed by atoms with van der Waals surface area (Å²) in [6.07, 6.45) is 6.89. The molecule has 3 nitrogen and oxygen atoms in total. The van der Waals surface area contributed by atoms with Gasteiger partial charge in [0, 0.05) is 6.20 Å². The smallest absolute Gasteiger partial charge is 0.119 e. The van der Waals surface area contributed by atoms with E-state index in [0.29, 0.717) is 11.7 Å². The summed E-state index contributed by atoms with van der Waals surface area (Å²) in [6.45, 7) is 6.43. The van der Waals surface area contributed by atoms with Crippen molar-refractivity contribution in [2.24, 2.45) is 0 Å². The molecule has 1 aliphatic rings. The Bertz CT molecular complexity index is 609. The van der Waals surface area contributed by atoms with Crippen LogP contribution < -0.4 is 0 Å². The summed E-state index contributed by atoms with van der Waals surface area (Å²) in [5.74, 6) is 0.915. The van der Waals surface area contributed by atoms with Crippen LogP contribution in [0.15, 0.2) is 24.7 Å². The Hall–Kier alpha value is -1.77. The van der Waals surface area contributed by atoms with Crippen LogP contribution in [0.1, 0.15) is 55.5 Å². The van der Waals surface area contributed by atoms with Gasteiger partial charge in [0.25, 0.3) is 0 Å². The zero-order valence-corrected chi connectivity index (χ0v) is 12.4. The third-order valence-corrected chi connectivity index (χ3v) is 4.28. The number of fused-ring (bicyclic) bond motifs is 1. The van der Waals surface area contributed by atoms with Gasteiger partial charge in [-0.05, 0) is 53.4 Å². The minimum absolute atomic E-state index is 0.0145. The number of aromatic nitrogens is 2. The van der Waals surface area contributed by atoms with Crippen LogP contribution in [0.2, 0.25) is 0 Å². The number of aryl methyl sites for hydroxylation is 1. The Kier molecular flexibility index (Phi) is 3.08. The first-order valence-corrected chi connectivity index (χ1v) is 7.29. The van der Waals surface area contributed by atoms with Gasteiger partial charge in [0.15, 0.2) is 0 Å². The minimum Gasteiger partial charge on any atom is -0.508 e. The molecule has 3 heteroatoms. The van der Waals surface area contributed by atoms with Crippen LogP contribution in [-0.2, 0) is 18.3 Å². The largest absolute Gasteiger partial charge is 0.508 e. The second-order valence-electron chi connectivity index (χ2n) is 6.82. The van der Waals surface area contributed by atoms with Crippen LogP contribution >= 0.6 is 0 Å². The van der Waals surface area contributed by atoms with Gasteiger partial charge in [-0.25, -0.2) is 4.98 Å². The molecule has 0 amide bonds. The van der Waals surface area contributed by atoms with E-state index in [1.807, 2.05) is 12.3 Å². The summed E-state index contributed by atoms with van der Waals surface area (Å²) in [5.41, 5.74) is 4.84. The molecular formula is C17H22N2O. The van der Waals surface area contributed by atoms with Crippen LogP contribution in [0, 0.1) is 0 Å². The van der Waals surface area contributed by atoms with Gasteiger partial charge in [-0.15, -0.1) is 0 Å². The lowest BCUT2D eigenvalue weighted by Crippen LogP contribution is -2.12. The van der Waals surface area contributed by atoms with Crippen molar-refractivity contribution in [1.29, 1.82) is 0 Å². The molecule has 0 saturated heterocycles. The number of phenols is 1. The molecule has 0 spiro atoms. The summed E-state index contributed by atoms with van der Waals surface area (Å²) in [6, 6.07) is 4.19. The lowest BCUT2D eigenvalue weighted by Gasteiger charge is -2.22. The summed E-state index contributed by atoms with van der Waals surface area (Å²) in [5, 5.41) is 10.3. The topological polar surface area (TPSA) is 48.9 Å². The first-order chi connectivity index (χ1) is 9.45. The Morgan fingerprint density at radius 3 is 2.80 bits per heavy atom. The van der Waals surface area contributed by atoms with Gasteiger partial charge in [-0.3, -0.25) is 0 Å². The van der Waals surface area contributed by atoms with Crippen LogP contribution in [0.5, 0.6) is 5.75 Å². The molecule has 1 aliphatic carbocycles. The molecule has 1 aromatic carbocycles. The van der Waals surface area contributed by atoms with Crippen molar-refractivity contribution >= 4 is 0 Å². The Labute approximate surface area is 120 Å². The molecule has 0 aliphatic heterocycles. The molecule has 106 valence electrons. The number of rotatable bonds is 2. The summed E-state index contributed by atoms with van der Waals surface area (Å²) >= 11 is 0. The number of H-pyrrole nitrogens is 1. The fraction of sp³-hybridized carbons (Fsp3) is 0.471. The molecular weight excluding hydrogens is 248 g/mol. The number of hydrogen-bond donors (Lipinski definition) is 2. The summed E-state index contributed by atoms with van der Waals surface area (Å²) < 4.78 is 0. The van der Waals surface area contributed by atoms with Crippen molar-refractivity contribution in [2.45, 2.75) is 51.4 Å². The van der Waals surface area contributed by atoms with Crippen LogP contribution in [0.4, 0.5) is 0 Å². The summed E-state index contributed by atoms with van der Waals surface area (Å²) in [7, 11) is 0. The van der Waals surface area contributed by atoms with E-state index in [2.05, 4.69) is 36.8 Å². The average molecular weight is 270 g/mol. The molecule has 20 heavy (non-hydrogen) atoms. The SMILES string of the molecule is CC(C)(C)c1cc2c(cc1O)C(Cc1c[nH]cn1)CC2. The molecule has 0 saturated carbocycles. The third kappa shape index (κ3) is 2.33. The van der Waals surface area contributed by atoms with Gasteiger partial charge >= 0.3 is 0 Å². The first kappa shape index (κ1) is 13.2. The minimum atomic E-state index is -0.0145. The lowest BCUT2D eigenvalue weighted by molar-refractivity contribution is 0.445. The highest BCUT2D eigenvalue weighted by Crippen LogP contribution is 2.41. The van der Waals surface area contributed by atoms with Crippen molar-refractivity contribution in [1.82, 2.24) is 9.97 Å². The molecule has 1 unspecified atom stereocenters. The zero-order chi connectivity index (χ0) is 14.3. The molecule has 1 aromatic heterocycles. The fourth-order valence-corrected chi connectivity index (χ4v) is 3.20. The number of nitrogens with zero attached hydrogens (tertiary/aromatic N) is 1. The van der Waals surface area contributed by atoms with Crippen LogP contribution in [-0.4, -0.2) is 15.1 Å². The van der Waals surface area contributed by atoms with E-state index in [9.17, 15) is 5.11 Å². The molecule has 2 aromatic rings. The van der Waals surface area contributed by atoms with Gasteiger partial charge in [-0.1, -0.05) is 26.8 Å². The van der Waals surface area contributed by atoms with E-state index >= 15 is 0 Å². The standard InChI is InChI=1S/C17H22N2O/c1-17(2,3)15-7-12-5-4-11(14(12)8-16(15)20)6-13-9-18-10-19-13/h7-11,20H,4-6H2,1-3H3,(H,18,19). The van der Waals surface area contributed by atoms with Crippen LogP contribution in [0.25, 0.3) is 0 Å². The van der Waals surface area contributed by atoms with Gasteiger partial charge in [0.2, 0.25) is 0 Å². The average Bonchev–Trinajstić information content (AvgIpc) is 2.98. The number of hydrogen-bond acceptors (Lipinski definition) is 2. The summed E-state index contributed by atoms with van der Waals surface area (Å²) in [4.78, 5) is 7.32. The maximum absolute atomic E-state index is 10.3.